The van der Waals surface area contributed by atoms with E-state index in [1.54, 1.807) is 6.08 Å². The number of ether oxygens (including phenoxy) is 2. The first-order valence-electron chi connectivity index (χ1n) is 10.0. The highest BCUT2D eigenvalue weighted by molar-refractivity contribution is 6.74. The van der Waals surface area contributed by atoms with Gasteiger partial charge in [-0.1, -0.05) is 26.8 Å². The van der Waals surface area contributed by atoms with E-state index < -0.39 is 19.3 Å². The average Bonchev–Trinajstić information content (AvgIpc) is 2.87. The molecule has 1 saturated carbocycles. The normalized spacial score (nSPS) is 26.7. The van der Waals surface area contributed by atoms with Gasteiger partial charge in [-0.3, -0.25) is 4.79 Å². The molecule has 0 bridgehead atoms. The molecular formula is C21H40O4Si. The number of carbonyl (C=O) groups excluding carboxylic acids is 1. The van der Waals surface area contributed by atoms with Gasteiger partial charge in [-0.2, -0.15) is 0 Å². The number of carbonyl (C=O) groups is 1. The summed E-state index contributed by atoms with van der Waals surface area (Å²) in [6.07, 6.45) is 6.02. The van der Waals surface area contributed by atoms with Crippen LogP contribution in [0.1, 0.15) is 66.7 Å². The highest BCUT2D eigenvalue weighted by Gasteiger charge is 2.58. The molecule has 0 aromatic rings. The van der Waals surface area contributed by atoms with E-state index in [9.17, 15) is 4.79 Å². The van der Waals surface area contributed by atoms with Crippen molar-refractivity contribution in [3.05, 3.63) is 12.7 Å². The zero-order valence-corrected chi connectivity index (χ0v) is 19.1. The van der Waals surface area contributed by atoms with Crippen molar-refractivity contribution in [2.24, 2.45) is 5.41 Å². The van der Waals surface area contributed by atoms with Crippen LogP contribution in [-0.2, 0) is 18.7 Å². The Labute approximate surface area is 161 Å². The predicted molar refractivity (Wildman–Crippen MR) is 110 cm³/mol. The Morgan fingerprint density at radius 3 is 2.46 bits per heavy atom. The Kier molecular flexibility index (Phi) is 8.12. The van der Waals surface area contributed by atoms with Gasteiger partial charge in [0.1, 0.15) is 0 Å². The average molecular weight is 385 g/mol. The summed E-state index contributed by atoms with van der Waals surface area (Å²) in [5.41, 5.74) is -1.08. The maximum Gasteiger partial charge on any atom is 0.314 e. The minimum absolute atomic E-state index is 0.114. The SMILES string of the molecule is C=CCO[C@]1(C)CCC[C@@]1(CCCO[Si](C)(C)C(C)(C)C)C(=O)OCC. The highest BCUT2D eigenvalue weighted by atomic mass is 28.4. The van der Waals surface area contributed by atoms with Gasteiger partial charge in [-0.15, -0.1) is 6.58 Å². The van der Waals surface area contributed by atoms with E-state index in [0.29, 0.717) is 19.8 Å². The molecule has 0 amide bonds. The zero-order valence-electron chi connectivity index (χ0n) is 18.1. The van der Waals surface area contributed by atoms with E-state index >= 15 is 0 Å². The molecular weight excluding hydrogens is 344 g/mol. The van der Waals surface area contributed by atoms with Crippen LogP contribution in [0.25, 0.3) is 0 Å². The first-order chi connectivity index (χ1) is 12.0. The smallest absolute Gasteiger partial charge is 0.314 e. The molecule has 0 aliphatic heterocycles. The molecule has 2 atom stereocenters. The molecule has 1 aliphatic carbocycles. The van der Waals surface area contributed by atoms with Crippen molar-refractivity contribution >= 4 is 14.3 Å². The molecule has 1 aliphatic rings. The summed E-state index contributed by atoms with van der Waals surface area (Å²) in [5.74, 6) is -0.114. The molecule has 0 radical (unpaired) electrons. The lowest BCUT2D eigenvalue weighted by atomic mass is 9.71. The summed E-state index contributed by atoms with van der Waals surface area (Å²) in [6.45, 7) is 20.5. The summed E-state index contributed by atoms with van der Waals surface area (Å²) in [4.78, 5) is 12.9. The highest BCUT2D eigenvalue weighted by Crippen LogP contribution is 2.52. The summed E-state index contributed by atoms with van der Waals surface area (Å²) in [6, 6.07) is 0. The molecule has 0 saturated heterocycles. The van der Waals surface area contributed by atoms with Crippen molar-refractivity contribution in [1.82, 2.24) is 0 Å². The number of hydrogen-bond acceptors (Lipinski definition) is 4. The molecule has 4 nitrogen and oxygen atoms in total. The van der Waals surface area contributed by atoms with Gasteiger partial charge in [-0.05, 0) is 64.1 Å². The fraction of sp³-hybridized carbons (Fsp3) is 0.857. The zero-order chi connectivity index (χ0) is 20.1. The van der Waals surface area contributed by atoms with E-state index in [1.165, 1.54) is 0 Å². The minimum atomic E-state index is -1.77. The van der Waals surface area contributed by atoms with Crippen LogP contribution in [0.15, 0.2) is 12.7 Å². The van der Waals surface area contributed by atoms with E-state index in [4.69, 9.17) is 13.9 Å². The van der Waals surface area contributed by atoms with Crippen LogP contribution in [0.4, 0.5) is 0 Å². The van der Waals surface area contributed by atoms with Crippen LogP contribution < -0.4 is 0 Å². The van der Waals surface area contributed by atoms with E-state index in [-0.39, 0.29) is 11.0 Å². The van der Waals surface area contributed by atoms with Crippen LogP contribution in [-0.4, -0.2) is 39.7 Å². The number of hydrogen-bond donors (Lipinski definition) is 0. The lowest BCUT2D eigenvalue weighted by molar-refractivity contribution is -0.176. The summed E-state index contributed by atoms with van der Waals surface area (Å²) >= 11 is 0. The topological polar surface area (TPSA) is 44.8 Å². The van der Waals surface area contributed by atoms with Gasteiger partial charge in [-0.25, -0.2) is 0 Å². The molecule has 152 valence electrons. The Morgan fingerprint density at radius 1 is 1.27 bits per heavy atom. The third-order valence-corrected chi connectivity index (χ3v) is 11.0. The quantitative estimate of drug-likeness (QED) is 0.216. The molecule has 26 heavy (non-hydrogen) atoms. The molecule has 0 heterocycles. The van der Waals surface area contributed by atoms with Crippen LogP contribution in [0.2, 0.25) is 18.1 Å². The maximum absolute atomic E-state index is 12.9. The summed E-state index contributed by atoms with van der Waals surface area (Å²) in [5, 5.41) is 0.195. The van der Waals surface area contributed by atoms with Gasteiger partial charge in [0.2, 0.25) is 0 Å². The van der Waals surface area contributed by atoms with E-state index in [2.05, 4.69) is 47.4 Å². The second-order valence-corrected chi connectivity index (χ2v) is 14.0. The Morgan fingerprint density at radius 2 is 1.92 bits per heavy atom. The second-order valence-electron chi connectivity index (χ2n) is 9.20. The molecule has 1 fully saturated rings. The van der Waals surface area contributed by atoms with Crippen LogP contribution in [0.3, 0.4) is 0 Å². The Bertz CT molecular complexity index is 483. The third-order valence-electron chi connectivity index (χ3n) is 6.47. The van der Waals surface area contributed by atoms with Gasteiger partial charge in [0.15, 0.2) is 8.32 Å². The van der Waals surface area contributed by atoms with Gasteiger partial charge >= 0.3 is 5.97 Å². The predicted octanol–water partition coefficient (Wildman–Crippen LogP) is 5.48. The van der Waals surface area contributed by atoms with Crippen molar-refractivity contribution in [3.63, 3.8) is 0 Å². The lowest BCUT2D eigenvalue weighted by Gasteiger charge is -2.42. The molecule has 0 aromatic heterocycles. The number of rotatable bonds is 10. The van der Waals surface area contributed by atoms with Crippen LogP contribution in [0, 0.1) is 5.41 Å². The monoisotopic (exact) mass is 384 g/mol. The van der Waals surface area contributed by atoms with Gasteiger partial charge in [0, 0.05) is 6.61 Å². The van der Waals surface area contributed by atoms with Crippen molar-refractivity contribution < 1.29 is 18.7 Å². The summed E-state index contributed by atoms with van der Waals surface area (Å²) < 4.78 is 17.9. The van der Waals surface area contributed by atoms with Crippen LogP contribution >= 0.6 is 0 Å². The van der Waals surface area contributed by atoms with E-state index in [0.717, 1.165) is 32.1 Å². The van der Waals surface area contributed by atoms with Crippen molar-refractivity contribution in [2.75, 3.05) is 19.8 Å². The van der Waals surface area contributed by atoms with Gasteiger partial charge in [0.25, 0.3) is 0 Å². The molecule has 5 heteroatoms. The van der Waals surface area contributed by atoms with E-state index in [1.807, 2.05) is 6.92 Å². The molecule has 1 rings (SSSR count). The molecule has 0 aromatic carbocycles. The first kappa shape index (κ1) is 23.4. The standard InChI is InChI=1S/C21H40O4Si/c1-9-16-24-20(6)13-11-14-21(20,18(22)23-10-2)15-12-17-25-26(7,8)19(3,4)5/h9H,1,10-17H2,2-8H3/t20-,21-/m1/s1. The Balaban J connectivity index is 2.85. The number of esters is 1. The van der Waals surface area contributed by atoms with Gasteiger partial charge in [0.05, 0.1) is 24.2 Å². The molecule has 0 N–H and O–H groups in total. The van der Waals surface area contributed by atoms with Gasteiger partial charge < -0.3 is 13.9 Å². The Hall–Kier alpha value is -0.653. The summed E-state index contributed by atoms with van der Waals surface area (Å²) in [7, 11) is -1.77. The lowest BCUT2D eigenvalue weighted by Crippen LogP contribution is -2.50. The fourth-order valence-electron chi connectivity index (χ4n) is 3.68. The van der Waals surface area contributed by atoms with Crippen molar-refractivity contribution in [1.29, 1.82) is 0 Å². The molecule has 0 unspecified atom stereocenters. The van der Waals surface area contributed by atoms with Crippen molar-refractivity contribution in [2.45, 2.75) is 90.5 Å². The fourth-order valence-corrected chi connectivity index (χ4v) is 4.77. The third kappa shape index (κ3) is 4.99. The largest absolute Gasteiger partial charge is 0.465 e. The molecule has 0 spiro atoms. The minimum Gasteiger partial charge on any atom is -0.465 e. The van der Waals surface area contributed by atoms with Crippen LogP contribution in [0.5, 0.6) is 0 Å². The maximum atomic E-state index is 12.9. The second kappa shape index (κ2) is 9.02. The van der Waals surface area contributed by atoms with Crippen molar-refractivity contribution in [3.8, 4) is 0 Å². The first-order valence-corrected chi connectivity index (χ1v) is 12.9.